The predicted molar refractivity (Wildman–Crippen MR) is 68.6 cm³/mol. The first kappa shape index (κ1) is 11.8. The molecule has 1 aromatic rings. The molecule has 2 aliphatic heterocycles. The Morgan fingerprint density at radius 1 is 1.26 bits per heavy atom. The van der Waals surface area contributed by atoms with Gasteiger partial charge >= 0.3 is 0 Å². The highest BCUT2D eigenvalue weighted by molar-refractivity contribution is 9.10. The van der Waals surface area contributed by atoms with Gasteiger partial charge in [-0.15, -0.1) is 0 Å². The SMILES string of the molecule is O=C(c1ccc(Br)cc1)[C@@H]1[C@@H]2C(=O)[C@H]3OC[C@@H](O3)[C@@H]12. The van der Waals surface area contributed by atoms with Gasteiger partial charge in [0.1, 0.15) is 0 Å². The average Bonchev–Trinajstić information content (AvgIpc) is 3.02. The molecule has 1 saturated carbocycles. The molecule has 0 spiro atoms. The summed E-state index contributed by atoms with van der Waals surface area (Å²) < 4.78 is 11.7. The molecule has 2 saturated heterocycles. The van der Waals surface area contributed by atoms with Crippen LogP contribution in [0.5, 0.6) is 0 Å². The van der Waals surface area contributed by atoms with Crippen LogP contribution in [0.4, 0.5) is 0 Å². The van der Waals surface area contributed by atoms with Gasteiger partial charge in [0.05, 0.1) is 12.7 Å². The lowest BCUT2D eigenvalue weighted by Gasteiger charge is -2.14. The Kier molecular flexibility index (Phi) is 2.46. The molecule has 0 unspecified atom stereocenters. The molecule has 3 aliphatic rings. The molecule has 2 bridgehead atoms. The Hall–Kier alpha value is -1.04. The van der Waals surface area contributed by atoms with Gasteiger partial charge in [0.2, 0.25) is 6.29 Å². The van der Waals surface area contributed by atoms with Crippen molar-refractivity contribution >= 4 is 27.5 Å². The molecule has 4 nitrogen and oxygen atoms in total. The molecule has 0 N–H and O–H groups in total. The number of ether oxygens (including phenoxy) is 2. The Bertz CT molecular complexity index is 567. The highest BCUT2D eigenvalue weighted by Crippen LogP contribution is 2.57. The third kappa shape index (κ3) is 1.65. The summed E-state index contributed by atoms with van der Waals surface area (Å²) in [6.45, 7) is 0.432. The van der Waals surface area contributed by atoms with Crippen LogP contribution in [0.2, 0.25) is 0 Å². The van der Waals surface area contributed by atoms with Crippen molar-refractivity contribution in [1.82, 2.24) is 0 Å². The second-order valence-electron chi connectivity index (χ2n) is 5.24. The number of hydrogen-bond donors (Lipinski definition) is 0. The molecule has 2 heterocycles. The summed E-state index contributed by atoms with van der Waals surface area (Å²) in [5.74, 6) is -0.404. The first-order chi connectivity index (χ1) is 9.16. The van der Waals surface area contributed by atoms with Crippen molar-refractivity contribution in [3.63, 3.8) is 0 Å². The van der Waals surface area contributed by atoms with E-state index in [1.807, 2.05) is 12.1 Å². The van der Waals surface area contributed by atoms with Gasteiger partial charge in [0.15, 0.2) is 11.6 Å². The van der Waals surface area contributed by atoms with Crippen LogP contribution in [0.15, 0.2) is 28.7 Å². The van der Waals surface area contributed by atoms with Crippen LogP contribution in [0, 0.1) is 17.8 Å². The molecule has 1 aliphatic carbocycles. The zero-order chi connectivity index (χ0) is 13.1. The van der Waals surface area contributed by atoms with Crippen LogP contribution < -0.4 is 0 Å². The molecule has 0 aromatic heterocycles. The lowest BCUT2D eigenvalue weighted by molar-refractivity contribution is -0.153. The average molecular weight is 323 g/mol. The van der Waals surface area contributed by atoms with Gasteiger partial charge < -0.3 is 9.47 Å². The molecule has 0 radical (unpaired) electrons. The van der Waals surface area contributed by atoms with E-state index in [1.165, 1.54) is 0 Å². The molecule has 19 heavy (non-hydrogen) atoms. The van der Waals surface area contributed by atoms with Crippen LogP contribution in [-0.2, 0) is 14.3 Å². The maximum atomic E-state index is 12.4. The first-order valence-electron chi connectivity index (χ1n) is 6.27. The minimum atomic E-state index is -0.728. The van der Waals surface area contributed by atoms with Gasteiger partial charge in [-0.3, -0.25) is 9.59 Å². The third-order valence-electron chi connectivity index (χ3n) is 4.21. The van der Waals surface area contributed by atoms with Gasteiger partial charge in [-0.1, -0.05) is 28.1 Å². The molecule has 1 aromatic carbocycles. The molecule has 98 valence electrons. The fourth-order valence-electron chi connectivity index (χ4n) is 3.24. The number of fused-ring (bicyclic) bond motifs is 4. The Labute approximate surface area is 118 Å². The third-order valence-corrected chi connectivity index (χ3v) is 4.74. The zero-order valence-electron chi connectivity index (χ0n) is 9.91. The highest BCUT2D eigenvalue weighted by Gasteiger charge is 2.68. The molecule has 0 amide bonds. The van der Waals surface area contributed by atoms with E-state index < -0.39 is 6.29 Å². The minimum absolute atomic E-state index is 0.0161. The standard InChI is InChI=1S/C14H11BrO4/c15-7-3-1-6(2-4-7)12(16)10-9-8-5-18-14(19-8)13(17)11(9)10/h1-4,8-11,14H,5H2/t8-,9+,10+,11-,14+/m1/s1. The number of hydrogen-bond acceptors (Lipinski definition) is 4. The van der Waals surface area contributed by atoms with Gasteiger partial charge in [-0.25, -0.2) is 0 Å². The van der Waals surface area contributed by atoms with Crippen LogP contribution >= 0.6 is 15.9 Å². The predicted octanol–water partition coefficient (Wildman–Crippen LogP) is 1.82. The van der Waals surface area contributed by atoms with E-state index in [4.69, 9.17) is 9.47 Å². The number of ketones is 2. The lowest BCUT2D eigenvalue weighted by Crippen LogP contribution is -2.30. The number of Topliss-reactive ketones (excluding diaryl/α,β-unsaturated/α-hetero) is 2. The van der Waals surface area contributed by atoms with E-state index in [-0.39, 0.29) is 35.4 Å². The monoisotopic (exact) mass is 322 g/mol. The summed E-state index contributed by atoms with van der Waals surface area (Å²) in [6.07, 6.45) is -0.814. The van der Waals surface area contributed by atoms with E-state index in [0.29, 0.717) is 12.2 Å². The normalized spacial score (nSPS) is 39.0. The van der Waals surface area contributed by atoms with Crippen LogP contribution in [-0.4, -0.2) is 30.6 Å². The summed E-state index contributed by atoms with van der Waals surface area (Å²) in [4.78, 5) is 24.5. The van der Waals surface area contributed by atoms with E-state index in [0.717, 1.165) is 4.47 Å². The Balaban J connectivity index is 1.60. The van der Waals surface area contributed by atoms with Crippen LogP contribution in [0.1, 0.15) is 10.4 Å². The van der Waals surface area contributed by atoms with Crippen LogP contribution in [0.25, 0.3) is 0 Å². The second kappa shape index (κ2) is 3.98. The van der Waals surface area contributed by atoms with Crippen molar-refractivity contribution in [3.05, 3.63) is 34.3 Å². The van der Waals surface area contributed by atoms with Gasteiger partial charge in [0, 0.05) is 27.8 Å². The molecule has 5 atom stereocenters. The Morgan fingerprint density at radius 3 is 2.74 bits per heavy atom. The fraction of sp³-hybridized carbons (Fsp3) is 0.429. The quantitative estimate of drug-likeness (QED) is 0.779. The van der Waals surface area contributed by atoms with E-state index in [9.17, 15) is 9.59 Å². The van der Waals surface area contributed by atoms with Crippen molar-refractivity contribution in [3.8, 4) is 0 Å². The molecular formula is C14H11BrO4. The summed E-state index contributed by atoms with van der Waals surface area (Å²) in [7, 11) is 0. The minimum Gasteiger partial charge on any atom is -0.343 e. The molecule has 5 heteroatoms. The fourth-order valence-corrected chi connectivity index (χ4v) is 3.50. The first-order valence-corrected chi connectivity index (χ1v) is 7.06. The second-order valence-corrected chi connectivity index (χ2v) is 6.16. The summed E-state index contributed by atoms with van der Waals surface area (Å²) in [6, 6.07) is 7.26. The Morgan fingerprint density at radius 2 is 2.00 bits per heavy atom. The van der Waals surface area contributed by atoms with Crippen molar-refractivity contribution in [2.24, 2.45) is 17.8 Å². The maximum absolute atomic E-state index is 12.4. The maximum Gasteiger partial charge on any atom is 0.218 e. The number of rotatable bonds is 2. The van der Waals surface area contributed by atoms with Crippen LogP contribution in [0.3, 0.4) is 0 Å². The summed E-state index contributed by atoms with van der Waals surface area (Å²) >= 11 is 3.34. The summed E-state index contributed by atoms with van der Waals surface area (Å²) in [5, 5.41) is 0. The van der Waals surface area contributed by atoms with E-state index >= 15 is 0 Å². The van der Waals surface area contributed by atoms with Gasteiger partial charge in [0.25, 0.3) is 0 Å². The number of carbonyl (C=O) groups excluding carboxylic acids is 2. The number of halogens is 1. The topological polar surface area (TPSA) is 52.6 Å². The van der Waals surface area contributed by atoms with E-state index in [2.05, 4.69) is 15.9 Å². The molecular weight excluding hydrogens is 312 g/mol. The highest BCUT2D eigenvalue weighted by atomic mass is 79.9. The van der Waals surface area contributed by atoms with Gasteiger partial charge in [-0.2, -0.15) is 0 Å². The number of carbonyl (C=O) groups is 2. The lowest BCUT2D eigenvalue weighted by atomic mass is 10.0. The zero-order valence-corrected chi connectivity index (χ0v) is 11.5. The smallest absolute Gasteiger partial charge is 0.218 e. The largest absolute Gasteiger partial charge is 0.343 e. The van der Waals surface area contributed by atoms with Gasteiger partial charge in [-0.05, 0) is 12.1 Å². The number of benzene rings is 1. The van der Waals surface area contributed by atoms with Crippen molar-refractivity contribution in [2.45, 2.75) is 12.4 Å². The van der Waals surface area contributed by atoms with Crippen molar-refractivity contribution in [1.29, 1.82) is 0 Å². The van der Waals surface area contributed by atoms with E-state index in [1.54, 1.807) is 12.1 Å². The summed E-state index contributed by atoms with van der Waals surface area (Å²) in [5.41, 5.74) is 0.659. The molecule has 3 fully saturated rings. The van der Waals surface area contributed by atoms with Crippen molar-refractivity contribution < 1.29 is 19.1 Å². The van der Waals surface area contributed by atoms with Crippen molar-refractivity contribution in [2.75, 3.05) is 6.61 Å². The molecule has 4 rings (SSSR count).